The Morgan fingerprint density at radius 2 is 1.95 bits per heavy atom. The Morgan fingerprint density at radius 1 is 1.27 bits per heavy atom. The van der Waals surface area contributed by atoms with E-state index in [0.717, 1.165) is 25.2 Å². The molecular weight excluding hydrogens is 329 g/mol. The van der Waals surface area contributed by atoms with Gasteiger partial charge in [-0.3, -0.25) is 4.79 Å². The van der Waals surface area contributed by atoms with Crippen LogP contribution in [0.3, 0.4) is 0 Å². The lowest BCUT2D eigenvalue weighted by Gasteiger charge is -2.13. The third-order valence-corrected chi connectivity index (χ3v) is 2.66. The van der Waals surface area contributed by atoms with Gasteiger partial charge in [0.05, 0.1) is 7.11 Å². The standard InChI is InChI=1S/C14H23N3O3.2ClH/c1-17(2)7-6-16-9-11-4-5-12(13(8-11)19-3)20-10-14(15)18;;/h4-5,8,16H,6-7,9-10H2,1-3H3,(H2,15,18);2*1H. The molecular formula is C14H25Cl2N3O3. The van der Waals surface area contributed by atoms with E-state index in [4.69, 9.17) is 15.2 Å². The molecule has 0 aromatic heterocycles. The van der Waals surface area contributed by atoms with Crippen LogP contribution in [0.2, 0.25) is 0 Å². The van der Waals surface area contributed by atoms with Crippen LogP contribution in [-0.4, -0.2) is 51.7 Å². The van der Waals surface area contributed by atoms with Crippen molar-refractivity contribution in [3.05, 3.63) is 23.8 Å². The summed E-state index contributed by atoms with van der Waals surface area (Å²) in [6.07, 6.45) is 0. The number of benzene rings is 1. The average Bonchev–Trinajstić information content (AvgIpc) is 2.41. The third kappa shape index (κ3) is 8.94. The molecule has 0 unspecified atom stereocenters. The van der Waals surface area contributed by atoms with Gasteiger partial charge in [0.2, 0.25) is 0 Å². The Kier molecular flexibility index (Phi) is 12.9. The number of ether oxygens (including phenoxy) is 2. The second-order valence-corrected chi connectivity index (χ2v) is 4.72. The van der Waals surface area contributed by atoms with Crippen molar-refractivity contribution >= 4 is 30.7 Å². The van der Waals surface area contributed by atoms with Gasteiger partial charge in [-0.2, -0.15) is 0 Å². The fourth-order valence-corrected chi connectivity index (χ4v) is 1.63. The number of carbonyl (C=O) groups excluding carboxylic acids is 1. The zero-order chi connectivity index (χ0) is 15.0. The van der Waals surface area contributed by atoms with Gasteiger partial charge in [-0.1, -0.05) is 6.07 Å². The number of nitrogens with one attached hydrogen (secondary N) is 1. The van der Waals surface area contributed by atoms with E-state index < -0.39 is 5.91 Å². The molecule has 0 aliphatic heterocycles. The highest BCUT2D eigenvalue weighted by atomic mass is 35.5. The molecule has 1 amide bonds. The summed E-state index contributed by atoms with van der Waals surface area (Å²) in [5, 5.41) is 3.34. The number of amides is 1. The van der Waals surface area contributed by atoms with Crippen LogP contribution in [0.15, 0.2) is 18.2 Å². The van der Waals surface area contributed by atoms with E-state index in [1.165, 1.54) is 0 Å². The number of halogens is 2. The van der Waals surface area contributed by atoms with Crippen LogP contribution in [0.4, 0.5) is 0 Å². The molecule has 0 fully saturated rings. The van der Waals surface area contributed by atoms with E-state index >= 15 is 0 Å². The lowest BCUT2D eigenvalue weighted by atomic mass is 10.2. The molecule has 0 aliphatic rings. The van der Waals surface area contributed by atoms with Gasteiger partial charge in [-0.25, -0.2) is 0 Å². The highest BCUT2D eigenvalue weighted by Gasteiger charge is 2.07. The molecule has 0 aliphatic carbocycles. The molecule has 0 spiro atoms. The first-order valence-corrected chi connectivity index (χ1v) is 6.46. The second-order valence-electron chi connectivity index (χ2n) is 4.72. The number of likely N-dealkylation sites (N-methyl/N-ethyl adjacent to an activating group) is 1. The Balaban J connectivity index is 0. The lowest BCUT2D eigenvalue weighted by Crippen LogP contribution is -2.26. The number of nitrogens with two attached hydrogens (primary N) is 1. The predicted molar refractivity (Wildman–Crippen MR) is 92.4 cm³/mol. The summed E-state index contributed by atoms with van der Waals surface area (Å²) in [6, 6.07) is 5.60. The molecule has 0 radical (unpaired) electrons. The van der Waals surface area contributed by atoms with Gasteiger partial charge in [0.25, 0.3) is 5.91 Å². The van der Waals surface area contributed by atoms with Gasteiger partial charge in [-0.15, -0.1) is 24.8 Å². The first-order chi connectivity index (χ1) is 9.52. The molecule has 1 aromatic carbocycles. The summed E-state index contributed by atoms with van der Waals surface area (Å²) in [4.78, 5) is 12.8. The minimum absolute atomic E-state index is 0. The second kappa shape index (κ2) is 12.3. The quantitative estimate of drug-likeness (QED) is 0.649. The van der Waals surface area contributed by atoms with Crippen LogP contribution in [0, 0.1) is 0 Å². The van der Waals surface area contributed by atoms with Crippen molar-refractivity contribution in [1.29, 1.82) is 0 Å². The molecule has 3 N–H and O–H groups in total. The number of primary amides is 1. The monoisotopic (exact) mass is 353 g/mol. The van der Waals surface area contributed by atoms with E-state index in [1.807, 2.05) is 26.2 Å². The number of hydrogen-bond donors (Lipinski definition) is 2. The minimum atomic E-state index is -0.513. The summed E-state index contributed by atoms with van der Waals surface area (Å²) in [5.41, 5.74) is 6.14. The molecule has 0 saturated heterocycles. The van der Waals surface area contributed by atoms with E-state index in [9.17, 15) is 4.79 Å². The summed E-state index contributed by atoms with van der Waals surface area (Å²) < 4.78 is 10.5. The molecule has 0 atom stereocenters. The molecule has 0 heterocycles. The van der Waals surface area contributed by atoms with E-state index in [0.29, 0.717) is 11.5 Å². The SMILES string of the molecule is COc1cc(CNCCN(C)C)ccc1OCC(N)=O.Cl.Cl. The maximum absolute atomic E-state index is 10.7. The summed E-state index contributed by atoms with van der Waals surface area (Å²) in [5.74, 6) is 0.600. The minimum Gasteiger partial charge on any atom is -0.493 e. The van der Waals surface area contributed by atoms with Crippen molar-refractivity contribution in [2.45, 2.75) is 6.54 Å². The van der Waals surface area contributed by atoms with Crippen molar-refractivity contribution in [2.24, 2.45) is 5.73 Å². The highest BCUT2D eigenvalue weighted by Crippen LogP contribution is 2.27. The molecule has 8 heteroatoms. The van der Waals surface area contributed by atoms with Crippen molar-refractivity contribution in [2.75, 3.05) is 40.9 Å². The van der Waals surface area contributed by atoms with Gasteiger partial charge < -0.3 is 25.4 Å². The molecule has 0 bridgehead atoms. The van der Waals surface area contributed by atoms with E-state index in [1.54, 1.807) is 13.2 Å². The zero-order valence-electron chi connectivity index (χ0n) is 13.1. The van der Waals surface area contributed by atoms with Crippen LogP contribution in [0.5, 0.6) is 11.5 Å². The van der Waals surface area contributed by atoms with Crippen LogP contribution in [0.25, 0.3) is 0 Å². The van der Waals surface area contributed by atoms with Gasteiger partial charge >= 0.3 is 0 Å². The van der Waals surface area contributed by atoms with Crippen molar-refractivity contribution < 1.29 is 14.3 Å². The number of rotatable bonds is 9. The highest BCUT2D eigenvalue weighted by molar-refractivity contribution is 5.85. The first kappa shape index (κ1) is 23.1. The van der Waals surface area contributed by atoms with Gasteiger partial charge in [0.15, 0.2) is 18.1 Å². The Morgan fingerprint density at radius 3 is 2.50 bits per heavy atom. The van der Waals surface area contributed by atoms with Gasteiger partial charge in [0.1, 0.15) is 0 Å². The zero-order valence-corrected chi connectivity index (χ0v) is 14.8. The summed E-state index contributed by atoms with van der Waals surface area (Å²) >= 11 is 0. The normalized spacial score (nSPS) is 9.64. The van der Waals surface area contributed by atoms with Crippen LogP contribution in [-0.2, 0) is 11.3 Å². The van der Waals surface area contributed by atoms with E-state index in [2.05, 4.69) is 10.2 Å². The van der Waals surface area contributed by atoms with Crippen LogP contribution in [0.1, 0.15) is 5.56 Å². The van der Waals surface area contributed by atoms with Gasteiger partial charge in [0, 0.05) is 19.6 Å². The topological polar surface area (TPSA) is 76.8 Å². The number of hydrogen-bond acceptors (Lipinski definition) is 5. The maximum atomic E-state index is 10.7. The third-order valence-electron chi connectivity index (χ3n) is 2.66. The van der Waals surface area contributed by atoms with Crippen molar-refractivity contribution in [3.8, 4) is 11.5 Å². The molecule has 128 valence electrons. The summed E-state index contributed by atoms with van der Waals surface area (Å²) in [7, 11) is 5.64. The largest absolute Gasteiger partial charge is 0.493 e. The van der Waals surface area contributed by atoms with Gasteiger partial charge in [-0.05, 0) is 31.8 Å². The van der Waals surface area contributed by atoms with Crippen molar-refractivity contribution in [3.63, 3.8) is 0 Å². The van der Waals surface area contributed by atoms with E-state index in [-0.39, 0.29) is 31.4 Å². The fraction of sp³-hybridized carbons (Fsp3) is 0.500. The molecule has 1 aromatic rings. The lowest BCUT2D eigenvalue weighted by molar-refractivity contribution is -0.119. The molecule has 0 saturated carbocycles. The Labute approximate surface area is 144 Å². The molecule has 6 nitrogen and oxygen atoms in total. The number of nitrogens with zero attached hydrogens (tertiary/aromatic N) is 1. The molecule has 1 rings (SSSR count). The first-order valence-electron chi connectivity index (χ1n) is 6.46. The fourth-order valence-electron chi connectivity index (χ4n) is 1.63. The number of methoxy groups -OCH3 is 1. The smallest absolute Gasteiger partial charge is 0.255 e. The number of carbonyl (C=O) groups is 1. The average molecular weight is 354 g/mol. The predicted octanol–water partition coefficient (Wildman–Crippen LogP) is 1.05. The Hall–Kier alpha value is -1.21. The molecule has 22 heavy (non-hydrogen) atoms. The maximum Gasteiger partial charge on any atom is 0.255 e. The van der Waals surface area contributed by atoms with Crippen molar-refractivity contribution in [1.82, 2.24) is 10.2 Å². The Bertz CT molecular complexity index is 445. The summed E-state index contributed by atoms with van der Waals surface area (Å²) in [6.45, 7) is 2.49. The van der Waals surface area contributed by atoms with Crippen LogP contribution >= 0.6 is 24.8 Å². The van der Waals surface area contributed by atoms with Crippen LogP contribution < -0.4 is 20.5 Å².